The van der Waals surface area contributed by atoms with Crippen LogP contribution in [0.1, 0.15) is 104 Å². The van der Waals surface area contributed by atoms with Crippen LogP contribution in [-0.4, -0.2) is 3.21 Å². The molecule has 2 aliphatic carbocycles. The third kappa shape index (κ3) is 12.5. The van der Waals surface area contributed by atoms with Crippen LogP contribution in [0, 0.1) is 26.0 Å². The van der Waals surface area contributed by atoms with E-state index in [1.807, 2.05) is 48.6 Å². The molecule has 0 N–H and O–H groups in total. The summed E-state index contributed by atoms with van der Waals surface area (Å²) in [5.41, 5.74) is 14.8. The van der Waals surface area contributed by atoms with Gasteiger partial charge in [0.25, 0.3) is 0 Å². The summed E-state index contributed by atoms with van der Waals surface area (Å²) in [7, 11) is 0. The second-order valence-electron chi connectivity index (χ2n) is 14.7. The molecule has 0 spiro atoms. The van der Waals surface area contributed by atoms with E-state index >= 15 is 0 Å². The number of allylic oxidation sites excluding steroid dienone is 4. The van der Waals surface area contributed by atoms with Gasteiger partial charge in [-0.05, 0) is 35.4 Å². The van der Waals surface area contributed by atoms with E-state index in [1.54, 1.807) is 12.1 Å². The van der Waals surface area contributed by atoms with Crippen LogP contribution >= 0.6 is 94.4 Å². The van der Waals surface area contributed by atoms with Gasteiger partial charge in [-0.3, -0.25) is 6.08 Å². The van der Waals surface area contributed by atoms with E-state index in [-0.39, 0.29) is 35.6 Å². The topological polar surface area (TPSA) is 0 Å². The molecule has 276 valence electrons. The summed E-state index contributed by atoms with van der Waals surface area (Å²) in [6.45, 7) is 18.2. The fourth-order valence-electron chi connectivity index (χ4n) is 6.23. The molecule has 4 aromatic rings. The fourth-order valence-corrected chi connectivity index (χ4v) is 7.70. The van der Waals surface area contributed by atoms with Crippen LogP contribution in [0.15, 0.2) is 85.0 Å². The van der Waals surface area contributed by atoms with Crippen molar-refractivity contribution in [2.75, 3.05) is 0 Å². The molecule has 4 aromatic carbocycles. The zero-order valence-electron chi connectivity index (χ0n) is 30.6. The predicted octanol–water partition coefficient (Wildman–Crippen LogP) is 14.9. The van der Waals surface area contributed by atoms with Crippen LogP contribution in [0.5, 0.6) is 0 Å². The molecule has 0 radical (unpaired) electrons. The average molecular weight is 936 g/mol. The Morgan fingerprint density at radius 1 is 0.673 bits per heavy atom. The Bertz CT molecular complexity index is 1790. The van der Waals surface area contributed by atoms with Gasteiger partial charge in [0.15, 0.2) is 0 Å². The molecule has 0 nitrogen and oxygen atoms in total. The molecule has 0 saturated carbocycles. The number of hydrogen-bond acceptors (Lipinski definition) is 0. The summed E-state index contributed by atoms with van der Waals surface area (Å²) >= 11 is 36.9. The van der Waals surface area contributed by atoms with Crippen LogP contribution in [-0.2, 0) is 49.1 Å². The smallest absolute Gasteiger partial charge is 0.109 e. The first-order chi connectivity index (χ1) is 23.1. The maximum atomic E-state index is 5.94. The van der Waals surface area contributed by atoms with Gasteiger partial charge in [-0.1, -0.05) is 71.6 Å². The van der Waals surface area contributed by atoms with Gasteiger partial charge in [0.05, 0.1) is 0 Å². The molecule has 0 unspecified atom stereocenters. The molecule has 0 atom stereocenters. The molecule has 0 heterocycles. The molecule has 0 fully saturated rings. The SMILES string of the molecule is Cc1[c-]c2c(cc1C(C)(C)C)-c1cc(C(C)(C)C)c(C)cc1C2.Cl.Cl.ClC(Cl)(Cl)c1cccc([C](=[Zr+2])c2cccc(C(Cl)(Cl)Cl)c2)c1.[C-]1=CC=CC1. The summed E-state index contributed by atoms with van der Waals surface area (Å²) < 4.78 is -1.82. The Morgan fingerprint density at radius 3 is 1.58 bits per heavy atom. The average Bonchev–Trinajstić information content (AvgIpc) is 3.70. The monoisotopic (exact) mass is 930 g/mol. The number of fused-ring (bicyclic) bond motifs is 3. The molecule has 0 saturated heterocycles. The number of aryl methyl sites for hydroxylation is 2. The summed E-state index contributed by atoms with van der Waals surface area (Å²) in [5.74, 6) is 0. The van der Waals surface area contributed by atoms with Crippen molar-refractivity contribution in [3.05, 3.63) is 153 Å². The van der Waals surface area contributed by atoms with E-state index in [0.717, 1.165) is 27.2 Å². The Morgan fingerprint density at radius 2 is 1.17 bits per heavy atom. The Kier molecular flexibility index (Phi) is 17.4. The van der Waals surface area contributed by atoms with Gasteiger partial charge in [-0.15, -0.1) is 47.9 Å². The van der Waals surface area contributed by atoms with Crippen molar-refractivity contribution >= 4 is 97.6 Å². The zero-order valence-corrected chi connectivity index (χ0v) is 39.2. The minimum Gasteiger partial charge on any atom is -0.273 e. The van der Waals surface area contributed by atoms with E-state index in [9.17, 15) is 0 Å². The van der Waals surface area contributed by atoms with Gasteiger partial charge in [0, 0.05) is 0 Å². The van der Waals surface area contributed by atoms with Crippen molar-refractivity contribution in [1.82, 2.24) is 0 Å². The molecule has 2 aliphatic rings. The van der Waals surface area contributed by atoms with E-state index in [2.05, 4.69) is 91.8 Å². The van der Waals surface area contributed by atoms with Crippen LogP contribution in [0.2, 0.25) is 0 Å². The first-order valence-corrected chi connectivity index (χ1v) is 19.9. The van der Waals surface area contributed by atoms with Crippen LogP contribution in [0.3, 0.4) is 0 Å². The van der Waals surface area contributed by atoms with E-state index in [0.29, 0.717) is 11.1 Å². The standard InChI is InChI=1S/C23H29.C15H8Cl6.C5H5.2ClH.Zr/c1-14-9-16-11-17-10-15(2)21(23(6,7)8)13-19(17)18(16)12-20(14)22(3,4)5;16-14(17,18)12-5-1-3-10(8-12)7-11-4-2-6-13(9-11)15(19,20)21;1-2-4-5-3-1;;;/h9,12-13H,11H2,1-8H3;1-6,8-9H;1-3H,4H2;2*1H;/q-1;;-1;;;+2. The maximum absolute atomic E-state index is 5.94. The van der Waals surface area contributed by atoms with E-state index in [1.165, 1.54) is 68.7 Å². The Labute approximate surface area is 368 Å². The normalized spacial score (nSPS) is 13.1. The molecule has 52 heavy (non-hydrogen) atoms. The van der Waals surface area contributed by atoms with Gasteiger partial charge in [-0.2, -0.15) is 23.8 Å². The van der Waals surface area contributed by atoms with Crippen molar-refractivity contribution < 1.29 is 24.2 Å². The zero-order chi connectivity index (χ0) is 37.2. The number of benzene rings is 4. The van der Waals surface area contributed by atoms with Crippen LogP contribution in [0.4, 0.5) is 0 Å². The predicted molar refractivity (Wildman–Crippen MR) is 231 cm³/mol. The molecule has 0 bridgehead atoms. The second kappa shape index (κ2) is 19.0. The van der Waals surface area contributed by atoms with Crippen LogP contribution < -0.4 is 0 Å². The first kappa shape index (κ1) is 47.6. The van der Waals surface area contributed by atoms with Crippen molar-refractivity contribution in [2.45, 2.75) is 86.6 Å². The summed E-state index contributed by atoms with van der Waals surface area (Å²) in [5, 5.41) is 0. The Balaban J connectivity index is 0.000000307. The van der Waals surface area contributed by atoms with Gasteiger partial charge in [0.1, 0.15) is 0 Å². The van der Waals surface area contributed by atoms with Crippen molar-refractivity contribution in [2.24, 2.45) is 0 Å². The summed E-state index contributed by atoms with van der Waals surface area (Å²) in [4.78, 5) is 0. The molecule has 0 amide bonds. The number of hydrogen-bond donors (Lipinski definition) is 0. The minimum absolute atomic E-state index is 0. The summed E-state index contributed by atoms with van der Waals surface area (Å²) in [6, 6.07) is 25.9. The molecule has 6 rings (SSSR count). The first-order valence-electron chi connectivity index (χ1n) is 16.4. The van der Waals surface area contributed by atoms with Crippen molar-refractivity contribution in [1.29, 1.82) is 0 Å². The third-order valence-corrected chi connectivity index (χ3v) is 11.4. The third-order valence-electron chi connectivity index (χ3n) is 8.62. The van der Waals surface area contributed by atoms with Gasteiger partial charge >= 0.3 is 175 Å². The molecular formula is C43H44Cl8Zr. The van der Waals surface area contributed by atoms with Gasteiger partial charge < -0.3 is 0 Å². The second-order valence-corrected chi connectivity index (χ2v) is 20.5. The fraction of sp³-hybridized carbons (Fsp3) is 0.326. The number of rotatable bonds is 2. The molecule has 9 heteroatoms. The maximum Gasteiger partial charge on any atom is -0.109 e. The quantitative estimate of drug-likeness (QED) is 0.122. The van der Waals surface area contributed by atoms with Crippen molar-refractivity contribution in [3.63, 3.8) is 0 Å². The van der Waals surface area contributed by atoms with Crippen LogP contribution in [0.25, 0.3) is 11.1 Å². The molecule has 0 aromatic heterocycles. The minimum atomic E-state index is -1.45. The number of halogens is 8. The van der Waals surface area contributed by atoms with E-state index in [4.69, 9.17) is 69.6 Å². The van der Waals surface area contributed by atoms with Gasteiger partial charge in [0.2, 0.25) is 0 Å². The largest absolute Gasteiger partial charge is 0.273 e. The number of alkyl halides is 6. The van der Waals surface area contributed by atoms with Crippen molar-refractivity contribution in [3.8, 4) is 11.1 Å². The molecule has 0 aliphatic heterocycles. The Hall–Kier alpha value is -0.567. The van der Waals surface area contributed by atoms with E-state index < -0.39 is 7.59 Å². The summed E-state index contributed by atoms with van der Waals surface area (Å²) in [6.07, 6.45) is 11.0. The van der Waals surface area contributed by atoms with Gasteiger partial charge in [-0.25, -0.2) is 12.2 Å². The molecular weight excluding hydrogens is 891 g/mol.